The average Bonchev–Trinajstić information content (AvgIpc) is 3.46. The van der Waals surface area contributed by atoms with Crippen molar-refractivity contribution in [2.75, 3.05) is 13.1 Å². The van der Waals surface area contributed by atoms with E-state index in [0.717, 1.165) is 28.0 Å². The van der Waals surface area contributed by atoms with Crippen molar-refractivity contribution < 1.29 is 29.4 Å². The number of carboxylic acids is 1. The van der Waals surface area contributed by atoms with Gasteiger partial charge in [-0.15, -0.1) is 11.3 Å². The molecule has 0 saturated carbocycles. The van der Waals surface area contributed by atoms with Crippen LogP contribution in [0.5, 0.6) is 0 Å². The molecule has 3 atom stereocenters. The minimum absolute atomic E-state index is 0.155. The van der Waals surface area contributed by atoms with Crippen LogP contribution in [0, 0.1) is 12.3 Å². The van der Waals surface area contributed by atoms with Gasteiger partial charge >= 0.3 is 5.97 Å². The van der Waals surface area contributed by atoms with Crippen molar-refractivity contribution in [3.8, 4) is 10.4 Å². The molecule has 1 saturated heterocycles. The summed E-state index contributed by atoms with van der Waals surface area (Å²) in [6.07, 6.45) is -0.294. The number of thiazole rings is 1. The fourth-order valence-electron chi connectivity index (χ4n) is 4.28. The number of aliphatic hydroxyl groups is 1. The topological polar surface area (TPSA) is 149 Å². The second-order valence-electron chi connectivity index (χ2n) is 9.99. The Morgan fingerprint density at radius 2 is 1.95 bits per heavy atom. The summed E-state index contributed by atoms with van der Waals surface area (Å²) in [6.45, 7) is 5.99. The summed E-state index contributed by atoms with van der Waals surface area (Å²) in [4.78, 5) is 55.1. The van der Waals surface area contributed by atoms with Gasteiger partial charge < -0.3 is 25.6 Å². The lowest BCUT2D eigenvalue weighted by Gasteiger charge is -2.35. The minimum Gasteiger partial charge on any atom is -0.481 e. The Bertz CT molecular complexity index is 1120. The smallest absolute Gasteiger partial charge is 0.303 e. The number of carbonyl (C=O) groups excluding carboxylic acids is 3. The van der Waals surface area contributed by atoms with Gasteiger partial charge in [0.05, 0.1) is 40.7 Å². The van der Waals surface area contributed by atoms with Gasteiger partial charge in [-0.05, 0) is 24.5 Å². The maximum Gasteiger partial charge on any atom is 0.303 e. The molecule has 1 aromatic carbocycles. The maximum absolute atomic E-state index is 13.1. The highest BCUT2D eigenvalue weighted by Gasteiger charge is 2.40. The van der Waals surface area contributed by atoms with Crippen LogP contribution in [-0.4, -0.2) is 75.4 Å². The molecule has 37 heavy (non-hydrogen) atoms. The number of aliphatic hydroxyl groups excluding tert-OH is 1. The van der Waals surface area contributed by atoms with Gasteiger partial charge in [-0.3, -0.25) is 19.3 Å². The van der Waals surface area contributed by atoms with Crippen LogP contribution in [0.1, 0.15) is 44.4 Å². The molecule has 1 aliphatic rings. The first-order valence-corrected chi connectivity index (χ1v) is 13.0. The van der Waals surface area contributed by atoms with E-state index >= 15 is 0 Å². The Hall–Kier alpha value is -3.15. The zero-order valence-corrected chi connectivity index (χ0v) is 22.1. The second-order valence-corrected chi connectivity index (χ2v) is 10.8. The fourth-order valence-corrected chi connectivity index (χ4v) is 5.10. The monoisotopic (exact) mass is 530 g/mol. The number of aliphatic carboxylic acids is 1. The molecule has 0 bridgehead atoms. The summed E-state index contributed by atoms with van der Waals surface area (Å²) < 4.78 is 0. The molecule has 1 fully saturated rings. The van der Waals surface area contributed by atoms with Crippen molar-refractivity contribution in [2.45, 2.75) is 64.8 Å². The van der Waals surface area contributed by atoms with Crippen molar-refractivity contribution >= 4 is 35.4 Å². The van der Waals surface area contributed by atoms with E-state index < -0.39 is 35.5 Å². The van der Waals surface area contributed by atoms with E-state index in [1.807, 2.05) is 36.7 Å². The summed E-state index contributed by atoms with van der Waals surface area (Å²) in [5.41, 5.74) is 3.80. The number of hydrogen-bond donors (Lipinski definition) is 4. The summed E-state index contributed by atoms with van der Waals surface area (Å²) in [5.74, 6) is -1.83. The zero-order chi connectivity index (χ0) is 27.2. The average molecular weight is 531 g/mol. The van der Waals surface area contributed by atoms with Gasteiger partial charge in [-0.2, -0.15) is 0 Å². The van der Waals surface area contributed by atoms with Crippen LogP contribution in [0.3, 0.4) is 0 Å². The molecular weight excluding hydrogens is 496 g/mol. The highest BCUT2D eigenvalue weighted by molar-refractivity contribution is 7.13. The van der Waals surface area contributed by atoms with E-state index in [2.05, 4.69) is 15.6 Å². The number of likely N-dealkylation sites (tertiary alicyclic amines) is 1. The standard InChI is InChI=1S/C26H34N4O6S/c1-16-24(37-15-28-16)18-6-4-17(5-7-18)11-27-25(36)20-10-19(32)12-30(20)13-21(26(2,3)14-31)29-22(33)8-9-23(34)35/h4-7,14-15,19-21,32H,8-13H2,1-3H3,(H,27,36)(H,29,33)(H,34,35)/t19-,20-,21+/m1/s1. The number of carbonyl (C=O) groups is 4. The fraction of sp³-hybridized carbons (Fsp3) is 0.500. The van der Waals surface area contributed by atoms with Gasteiger partial charge in [0, 0.05) is 31.5 Å². The number of nitrogens with zero attached hydrogens (tertiary/aromatic N) is 2. The molecule has 11 heteroatoms. The van der Waals surface area contributed by atoms with Gasteiger partial charge in [0.1, 0.15) is 6.29 Å². The van der Waals surface area contributed by atoms with Crippen molar-refractivity contribution in [1.29, 1.82) is 0 Å². The molecule has 0 radical (unpaired) electrons. The lowest BCUT2D eigenvalue weighted by molar-refractivity contribution is -0.139. The molecule has 0 spiro atoms. The molecule has 2 aromatic rings. The minimum atomic E-state index is -1.09. The van der Waals surface area contributed by atoms with Gasteiger partial charge in [0.25, 0.3) is 0 Å². The third kappa shape index (κ3) is 7.67. The molecule has 1 aliphatic heterocycles. The van der Waals surface area contributed by atoms with Crippen molar-refractivity contribution in [3.63, 3.8) is 0 Å². The number of β-amino-alcohol motifs (C(OH)–C–C–N with tert-alkyl or cyclic N) is 1. The lowest BCUT2D eigenvalue weighted by Crippen LogP contribution is -2.55. The Morgan fingerprint density at radius 3 is 2.54 bits per heavy atom. The first-order chi connectivity index (χ1) is 17.5. The van der Waals surface area contributed by atoms with E-state index in [4.69, 9.17) is 5.11 Å². The summed E-state index contributed by atoms with van der Waals surface area (Å²) in [7, 11) is 0. The third-order valence-corrected chi connectivity index (χ3v) is 7.61. The van der Waals surface area contributed by atoms with E-state index in [1.54, 1.807) is 30.1 Å². The van der Waals surface area contributed by atoms with Crippen molar-refractivity contribution in [3.05, 3.63) is 41.0 Å². The molecule has 10 nitrogen and oxygen atoms in total. The SMILES string of the molecule is Cc1ncsc1-c1ccc(CNC(=O)[C@H]2C[C@@H](O)CN2C[C@H](NC(=O)CCC(=O)O)C(C)(C)C=O)cc1. The quantitative estimate of drug-likeness (QED) is 0.303. The molecular formula is C26H34N4O6S. The maximum atomic E-state index is 13.1. The molecule has 0 unspecified atom stereocenters. The van der Waals surface area contributed by atoms with Crippen LogP contribution in [0.15, 0.2) is 29.8 Å². The van der Waals surface area contributed by atoms with E-state index in [-0.39, 0.29) is 38.3 Å². The van der Waals surface area contributed by atoms with Gasteiger partial charge in [0.2, 0.25) is 11.8 Å². The van der Waals surface area contributed by atoms with E-state index in [0.29, 0.717) is 6.54 Å². The highest BCUT2D eigenvalue weighted by atomic mass is 32.1. The van der Waals surface area contributed by atoms with Crippen molar-refractivity contribution in [2.24, 2.45) is 5.41 Å². The Morgan fingerprint density at radius 1 is 1.24 bits per heavy atom. The molecule has 4 N–H and O–H groups in total. The number of rotatable bonds is 12. The van der Waals surface area contributed by atoms with Gasteiger partial charge in [-0.1, -0.05) is 38.1 Å². The van der Waals surface area contributed by atoms with E-state index in [1.165, 1.54) is 0 Å². The van der Waals surface area contributed by atoms with Crippen LogP contribution >= 0.6 is 11.3 Å². The van der Waals surface area contributed by atoms with Gasteiger partial charge in [-0.25, -0.2) is 4.98 Å². The first-order valence-electron chi connectivity index (χ1n) is 12.2. The molecule has 1 aromatic heterocycles. The molecule has 2 heterocycles. The Kier molecular flexibility index (Phi) is 9.52. The molecule has 2 amide bonds. The Labute approximate surface area is 220 Å². The van der Waals surface area contributed by atoms with Crippen molar-refractivity contribution in [1.82, 2.24) is 20.5 Å². The number of aromatic nitrogens is 1. The normalized spacial score (nSPS) is 18.8. The zero-order valence-electron chi connectivity index (χ0n) is 21.3. The Balaban J connectivity index is 1.63. The number of nitrogens with one attached hydrogen (secondary N) is 2. The van der Waals surface area contributed by atoms with Crippen LogP contribution in [0.25, 0.3) is 10.4 Å². The predicted molar refractivity (Wildman–Crippen MR) is 139 cm³/mol. The first kappa shape index (κ1) is 28.4. The number of benzene rings is 1. The number of amides is 2. The van der Waals surface area contributed by atoms with Crippen LogP contribution in [0.2, 0.25) is 0 Å². The summed E-state index contributed by atoms with van der Waals surface area (Å²) >= 11 is 1.58. The third-order valence-electron chi connectivity index (χ3n) is 6.63. The van der Waals surface area contributed by atoms with Gasteiger partial charge in [0.15, 0.2) is 0 Å². The van der Waals surface area contributed by atoms with Crippen LogP contribution in [-0.2, 0) is 25.7 Å². The molecule has 0 aliphatic carbocycles. The second kappa shape index (κ2) is 12.4. The predicted octanol–water partition coefficient (Wildman–Crippen LogP) is 1.74. The highest BCUT2D eigenvalue weighted by Crippen LogP contribution is 2.27. The number of hydrogen-bond acceptors (Lipinski definition) is 8. The number of carboxylic acid groups (broad SMARTS) is 1. The van der Waals surface area contributed by atoms with Crippen LogP contribution < -0.4 is 10.6 Å². The summed E-state index contributed by atoms with van der Waals surface area (Å²) in [6, 6.07) is 6.58. The lowest BCUT2D eigenvalue weighted by atomic mass is 9.85. The molecule has 200 valence electrons. The largest absolute Gasteiger partial charge is 0.481 e. The van der Waals surface area contributed by atoms with E-state index in [9.17, 15) is 24.3 Å². The summed E-state index contributed by atoms with van der Waals surface area (Å²) in [5, 5.41) is 24.8. The number of aryl methyl sites for hydroxylation is 1. The number of aldehydes is 1. The van der Waals surface area contributed by atoms with Crippen LogP contribution in [0.4, 0.5) is 0 Å². The molecule has 3 rings (SSSR count).